The van der Waals surface area contributed by atoms with Gasteiger partial charge in [0.15, 0.2) is 0 Å². The summed E-state index contributed by atoms with van der Waals surface area (Å²) in [5.74, 6) is 1.34. The number of unbranched alkanes of at least 4 members (excludes halogenated alkanes) is 1. The first kappa shape index (κ1) is 20.5. The minimum atomic E-state index is -0.324. The zero-order valence-corrected chi connectivity index (χ0v) is 14.6. The predicted molar refractivity (Wildman–Crippen MR) is 90.6 cm³/mol. The van der Waals surface area contributed by atoms with E-state index in [2.05, 4.69) is 12.2 Å². The second-order valence-electron chi connectivity index (χ2n) is 5.21. The SMILES string of the molecule is CCCCC(CN)NC(=O)C1CSCN1C(=O)CCC.Cl. The summed E-state index contributed by atoms with van der Waals surface area (Å²) in [6.07, 6.45) is 4.38. The van der Waals surface area contributed by atoms with E-state index >= 15 is 0 Å². The molecule has 1 fully saturated rings. The van der Waals surface area contributed by atoms with E-state index in [1.165, 1.54) is 0 Å². The van der Waals surface area contributed by atoms with Crippen molar-refractivity contribution in [1.82, 2.24) is 10.2 Å². The number of carbonyl (C=O) groups is 2. The summed E-state index contributed by atoms with van der Waals surface area (Å²) in [6, 6.07) is -0.300. The molecule has 7 heteroatoms. The average Bonchev–Trinajstić information content (AvgIpc) is 2.93. The van der Waals surface area contributed by atoms with Crippen LogP contribution in [0.4, 0.5) is 0 Å². The highest BCUT2D eigenvalue weighted by molar-refractivity contribution is 7.99. The third-order valence-corrected chi connectivity index (χ3v) is 4.52. The highest BCUT2D eigenvalue weighted by Crippen LogP contribution is 2.22. The normalized spacial score (nSPS) is 19.0. The van der Waals surface area contributed by atoms with E-state index in [4.69, 9.17) is 5.73 Å². The number of nitrogens with zero attached hydrogens (tertiary/aromatic N) is 1. The number of nitrogens with one attached hydrogen (secondary N) is 1. The molecule has 3 N–H and O–H groups in total. The van der Waals surface area contributed by atoms with Gasteiger partial charge >= 0.3 is 0 Å². The fourth-order valence-electron chi connectivity index (χ4n) is 2.26. The molecule has 124 valence electrons. The van der Waals surface area contributed by atoms with Gasteiger partial charge in [0.05, 0.1) is 5.88 Å². The molecule has 0 aromatic heterocycles. The lowest BCUT2D eigenvalue weighted by Crippen LogP contribution is -2.51. The van der Waals surface area contributed by atoms with Crippen LogP contribution in [0.5, 0.6) is 0 Å². The average molecular weight is 338 g/mol. The largest absolute Gasteiger partial charge is 0.350 e. The van der Waals surface area contributed by atoms with Gasteiger partial charge < -0.3 is 16.0 Å². The fourth-order valence-corrected chi connectivity index (χ4v) is 3.44. The van der Waals surface area contributed by atoms with Crippen LogP contribution < -0.4 is 11.1 Å². The molecule has 2 unspecified atom stereocenters. The lowest BCUT2D eigenvalue weighted by molar-refractivity contribution is -0.138. The Labute approximate surface area is 138 Å². The molecule has 21 heavy (non-hydrogen) atoms. The molecule has 0 bridgehead atoms. The minimum Gasteiger partial charge on any atom is -0.350 e. The molecule has 0 aromatic carbocycles. The zero-order chi connectivity index (χ0) is 15.0. The number of carbonyl (C=O) groups excluding carboxylic acids is 2. The number of halogens is 1. The number of nitrogens with two attached hydrogens (primary N) is 1. The molecule has 1 aliphatic rings. The van der Waals surface area contributed by atoms with Crippen molar-refractivity contribution in [2.75, 3.05) is 18.2 Å². The molecule has 1 saturated heterocycles. The van der Waals surface area contributed by atoms with Crippen molar-refractivity contribution in [2.45, 2.75) is 58.0 Å². The van der Waals surface area contributed by atoms with Gasteiger partial charge in [0.2, 0.25) is 11.8 Å². The van der Waals surface area contributed by atoms with Gasteiger partial charge in [-0.3, -0.25) is 9.59 Å². The maximum Gasteiger partial charge on any atom is 0.243 e. The van der Waals surface area contributed by atoms with Crippen molar-refractivity contribution >= 4 is 36.0 Å². The predicted octanol–water partition coefficient (Wildman–Crippen LogP) is 1.74. The van der Waals surface area contributed by atoms with E-state index < -0.39 is 0 Å². The Bertz CT molecular complexity index is 331. The fraction of sp³-hybridized carbons (Fsp3) is 0.857. The Kier molecular flexibility index (Phi) is 10.9. The third-order valence-electron chi connectivity index (χ3n) is 3.51. The van der Waals surface area contributed by atoms with Crippen LogP contribution in [0.25, 0.3) is 0 Å². The Morgan fingerprint density at radius 2 is 2.10 bits per heavy atom. The highest BCUT2D eigenvalue weighted by atomic mass is 35.5. The lowest BCUT2D eigenvalue weighted by atomic mass is 10.1. The molecule has 0 saturated carbocycles. The second-order valence-corrected chi connectivity index (χ2v) is 6.21. The van der Waals surface area contributed by atoms with E-state index in [0.717, 1.165) is 25.7 Å². The van der Waals surface area contributed by atoms with Crippen LogP contribution in [-0.4, -0.2) is 47.0 Å². The van der Waals surface area contributed by atoms with Crippen LogP contribution in [0.3, 0.4) is 0 Å². The van der Waals surface area contributed by atoms with Crippen LogP contribution in [0, 0.1) is 0 Å². The van der Waals surface area contributed by atoms with Gasteiger partial charge in [-0.1, -0.05) is 26.7 Å². The molecule has 1 aliphatic heterocycles. The molecule has 0 aliphatic carbocycles. The molecule has 1 heterocycles. The topological polar surface area (TPSA) is 75.4 Å². The number of hydrogen-bond acceptors (Lipinski definition) is 4. The second kappa shape index (κ2) is 11.2. The summed E-state index contributed by atoms with van der Waals surface area (Å²) >= 11 is 1.64. The minimum absolute atomic E-state index is 0. The van der Waals surface area contributed by atoms with Gasteiger partial charge in [-0.25, -0.2) is 0 Å². The van der Waals surface area contributed by atoms with E-state index in [1.54, 1.807) is 16.7 Å². The Balaban J connectivity index is 0.00000400. The lowest BCUT2D eigenvalue weighted by Gasteiger charge is -2.25. The summed E-state index contributed by atoms with van der Waals surface area (Å²) in [5, 5.41) is 3.00. The van der Waals surface area contributed by atoms with Crippen LogP contribution in [-0.2, 0) is 9.59 Å². The van der Waals surface area contributed by atoms with Crippen molar-refractivity contribution in [3.8, 4) is 0 Å². The van der Waals surface area contributed by atoms with E-state index in [-0.39, 0.29) is 36.3 Å². The molecule has 2 atom stereocenters. The molecular weight excluding hydrogens is 310 g/mol. The van der Waals surface area contributed by atoms with E-state index in [1.807, 2.05) is 6.92 Å². The summed E-state index contributed by atoms with van der Waals surface area (Å²) in [7, 11) is 0. The Morgan fingerprint density at radius 1 is 1.38 bits per heavy atom. The van der Waals surface area contributed by atoms with Crippen LogP contribution >= 0.6 is 24.2 Å². The standard InChI is InChI=1S/C14H27N3O2S.ClH/c1-3-5-7-11(8-15)16-14(19)12-9-20-10-17(12)13(18)6-4-2;/h11-12H,3-10,15H2,1-2H3,(H,16,19);1H. The van der Waals surface area contributed by atoms with Crippen molar-refractivity contribution in [3.63, 3.8) is 0 Å². The van der Waals surface area contributed by atoms with Gasteiger partial charge in [0.25, 0.3) is 0 Å². The molecule has 5 nitrogen and oxygen atoms in total. The summed E-state index contributed by atoms with van der Waals surface area (Å²) < 4.78 is 0. The van der Waals surface area contributed by atoms with Crippen LogP contribution in [0.2, 0.25) is 0 Å². The van der Waals surface area contributed by atoms with E-state index in [0.29, 0.717) is 24.6 Å². The smallest absolute Gasteiger partial charge is 0.243 e. The van der Waals surface area contributed by atoms with Gasteiger partial charge in [-0.15, -0.1) is 24.2 Å². The van der Waals surface area contributed by atoms with Gasteiger partial charge in [0.1, 0.15) is 6.04 Å². The molecule has 0 radical (unpaired) electrons. The van der Waals surface area contributed by atoms with E-state index in [9.17, 15) is 9.59 Å². The van der Waals surface area contributed by atoms with Gasteiger partial charge in [-0.05, 0) is 12.8 Å². The van der Waals surface area contributed by atoms with Crippen LogP contribution in [0.1, 0.15) is 46.0 Å². The maximum atomic E-state index is 12.3. The number of amides is 2. The molecule has 1 rings (SSSR count). The monoisotopic (exact) mass is 337 g/mol. The van der Waals surface area contributed by atoms with Crippen LogP contribution in [0.15, 0.2) is 0 Å². The quantitative estimate of drug-likeness (QED) is 0.707. The van der Waals surface area contributed by atoms with Crippen molar-refractivity contribution < 1.29 is 9.59 Å². The zero-order valence-electron chi connectivity index (χ0n) is 13.0. The molecule has 2 amide bonds. The Morgan fingerprint density at radius 3 is 2.67 bits per heavy atom. The molecule has 0 aromatic rings. The summed E-state index contributed by atoms with van der Waals surface area (Å²) in [6.45, 7) is 4.55. The van der Waals surface area contributed by atoms with Crippen molar-refractivity contribution in [1.29, 1.82) is 0 Å². The van der Waals surface area contributed by atoms with Crippen molar-refractivity contribution in [3.05, 3.63) is 0 Å². The maximum absolute atomic E-state index is 12.3. The number of hydrogen-bond donors (Lipinski definition) is 2. The highest BCUT2D eigenvalue weighted by Gasteiger charge is 2.34. The first-order chi connectivity index (χ1) is 9.63. The molecule has 0 spiro atoms. The molecular formula is C14H28ClN3O2S. The first-order valence-corrected chi connectivity index (χ1v) is 8.67. The number of thioether (sulfide) groups is 1. The first-order valence-electron chi connectivity index (χ1n) is 7.51. The third kappa shape index (κ3) is 6.45. The summed E-state index contributed by atoms with van der Waals surface area (Å²) in [5.41, 5.74) is 5.70. The summed E-state index contributed by atoms with van der Waals surface area (Å²) in [4.78, 5) is 26.0. The number of rotatable bonds is 8. The van der Waals surface area contributed by atoms with Crippen molar-refractivity contribution in [2.24, 2.45) is 5.73 Å². The Hall–Kier alpha value is -0.460. The van der Waals surface area contributed by atoms with Gasteiger partial charge in [0, 0.05) is 24.8 Å². The van der Waals surface area contributed by atoms with Gasteiger partial charge in [-0.2, -0.15) is 0 Å².